The van der Waals surface area contributed by atoms with Gasteiger partial charge in [-0.1, -0.05) is 0 Å². The van der Waals surface area contributed by atoms with Crippen molar-refractivity contribution in [3.05, 3.63) is 6.20 Å². The van der Waals surface area contributed by atoms with Gasteiger partial charge in [-0.3, -0.25) is 5.10 Å². The third-order valence-corrected chi connectivity index (χ3v) is 3.92. The van der Waals surface area contributed by atoms with Crippen molar-refractivity contribution in [1.82, 2.24) is 14.5 Å². The number of anilines is 1. The molecular weight excluding hydrogens is 230 g/mol. The molecule has 1 rings (SSSR count). The van der Waals surface area contributed by atoms with Gasteiger partial charge in [-0.25, -0.2) is 8.42 Å². The van der Waals surface area contributed by atoms with E-state index in [2.05, 4.69) is 10.2 Å². The molecule has 0 spiro atoms. The lowest BCUT2D eigenvalue weighted by Gasteiger charge is -2.17. The minimum Gasteiger partial charge on any atom is -0.383 e. The number of rotatable bonds is 4. The van der Waals surface area contributed by atoms with Gasteiger partial charge in [0.05, 0.1) is 18.2 Å². The van der Waals surface area contributed by atoms with Crippen LogP contribution in [-0.4, -0.2) is 36.5 Å². The van der Waals surface area contributed by atoms with Crippen molar-refractivity contribution in [1.29, 1.82) is 5.26 Å². The van der Waals surface area contributed by atoms with E-state index in [9.17, 15) is 8.42 Å². The predicted molar refractivity (Wildman–Crippen MR) is 57.6 cm³/mol. The van der Waals surface area contributed by atoms with E-state index in [0.717, 1.165) is 10.5 Å². The van der Waals surface area contributed by atoms with E-state index in [0.29, 0.717) is 0 Å². The Bertz CT molecular complexity index is 501. The van der Waals surface area contributed by atoms with Crippen molar-refractivity contribution < 1.29 is 8.42 Å². The minimum absolute atomic E-state index is 0.00328. The third-order valence-electron chi connectivity index (χ3n) is 2.07. The number of nitrogens with one attached hydrogen (secondary N) is 1. The molecule has 1 atom stereocenters. The van der Waals surface area contributed by atoms with Crippen LogP contribution >= 0.6 is 0 Å². The second-order valence-corrected chi connectivity index (χ2v) is 5.48. The first-order chi connectivity index (χ1) is 7.39. The number of sulfonamides is 1. The van der Waals surface area contributed by atoms with E-state index in [1.165, 1.54) is 7.05 Å². The maximum Gasteiger partial charge on any atom is 0.248 e. The SMILES string of the molecule is CC(C#N)CN(C)S(=O)(=O)c1cn[nH]c1N. The highest BCUT2D eigenvalue weighted by Crippen LogP contribution is 2.19. The first-order valence-electron chi connectivity index (χ1n) is 4.54. The molecule has 88 valence electrons. The van der Waals surface area contributed by atoms with Gasteiger partial charge in [-0.15, -0.1) is 0 Å². The molecule has 0 aliphatic heterocycles. The van der Waals surface area contributed by atoms with Gasteiger partial charge < -0.3 is 5.73 Å². The normalized spacial score (nSPS) is 13.6. The van der Waals surface area contributed by atoms with Gasteiger partial charge in [-0.05, 0) is 6.92 Å². The van der Waals surface area contributed by atoms with Crippen LogP contribution in [0.1, 0.15) is 6.92 Å². The van der Waals surface area contributed by atoms with E-state index in [1.54, 1.807) is 6.92 Å². The van der Waals surface area contributed by atoms with E-state index in [-0.39, 0.29) is 23.2 Å². The van der Waals surface area contributed by atoms with Crippen LogP contribution in [0.3, 0.4) is 0 Å². The Hall–Kier alpha value is -1.59. The zero-order valence-electron chi connectivity index (χ0n) is 9.01. The molecule has 1 heterocycles. The highest BCUT2D eigenvalue weighted by molar-refractivity contribution is 7.89. The average Bonchev–Trinajstić information content (AvgIpc) is 2.64. The van der Waals surface area contributed by atoms with Crippen molar-refractivity contribution >= 4 is 15.8 Å². The molecule has 0 fully saturated rings. The Kier molecular flexibility index (Phi) is 3.51. The third kappa shape index (κ3) is 2.32. The van der Waals surface area contributed by atoms with Gasteiger partial charge in [0, 0.05) is 13.6 Å². The van der Waals surface area contributed by atoms with Crippen LogP contribution in [0.25, 0.3) is 0 Å². The predicted octanol–water partition coefficient (Wildman–Crippen LogP) is -0.228. The first kappa shape index (κ1) is 12.5. The van der Waals surface area contributed by atoms with Crippen LogP contribution in [0.4, 0.5) is 5.82 Å². The maximum absolute atomic E-state index is 11.9. The standard InChI is InChI=1S/C8H13N5O2S/c1-6(3-9)5-13(2)16(14,15)7-4-11-12-8(7)10/h4,6H,5H2,1-2H3,(H3,10,11,12). The largest absolute Gasteiger partial charge is 0.383 e. The Morgan fingerprint density at radius 1 is 1.75 bits per heavy atom. The molecule has 16 heavy (non-hydrogen) atoms. The molecule has 0 radical (unpaired) electrons. The van der Waals surface area contributed by atoms with Crippen LogP contribution in [0.2, 0.25) is 0 Å². The molecule has 0 aliphatic carbocycles. The number of hydrogen-bond donors (Lipinski definition) is 2. The van der Waals surface area contributed by atoms with Gasteiger partial charge in [0.25, 0.3) is 0 Å². The number of H-pyrrole nitrogens is 1. The number of aromatic amines is 1. The molecule has 7 nitrogen and oxygen atoms in total. The van der Waals surface area contributed by atoms with E-state index in [1.807, 2.05) is 6.07 Å². The van der Waals surface area contributed by atoms with Crippen LogP contribution in [0.15, 0.2) is 11.1 Å². The number of hydrogen-bond acceptors (Lipinski definition) is 5. The molecule has 1 aromatic rings. The maximum atomic E-state index is 11.9. The summed E-state index contributed by atoms with van der Waals surface area (Å²) in [6.45, 7) is 1.76. The Morgan fingerprint density at radius 3 is 2.81 bits per heavy atom. The zero-order valence-corrected chi connectivity index (χ0v) is 9.82. The quantitative estimate of drug-likeness (QED) is 0.757. The van der Waals surface area contributed by atoms with Crippen LogP contribution in [0, 0.1) is 17.2 Å². The molecule has 0 saturated carbocycles. The van der Waals surface area contributed by atoms with E-state index in [4.69, 9.17) is 11.0 Å². The van der Waals surface area contributed by atoms with Gasteiger partial charge in [0.1, 0.15) is 10.7 Å². The Balaban J connectivity index is 2.96. The topological polar surface area (TPSA) is 116 Å². The lowest BCUT2D eigenvalue weighted by Crippen LogP contribution is -2.31. The average molecular weight is 243 g/mol. The Labute approximate surface area is 93.9 Å². The molecule has 1 unspecified atom stereocenters. The summed E-state index contributed by atoms with van der Waals surface area (Å²) in [4.78, 5) is -0.0693. The molecule has 0 aliphatic rings. The molecule has 0 bridgehead atoms. The van der Waals surface area contributed by atoms with Crippen molar-refractivity contribution in [2.75, 3.05) is 19.3 Å². The molecule has 8 heteroatoms. The molecule has 0 saturated heterocycles. The van der Waals surface area contributed by atoms with Gasteiger partial charge >= 0.3 is 0 Å². The minimum atomic E-state index is -3.67. The number of nitrogens with zero attached hydrogens (tertiary/aromatic N) is 3. The van der Waals surface area contributed by atoms with E-state index >= 15 is 0 Å². The van der Waals surface area contributed by atoms with Crippen molar-refractivity contribution in [3.63, 3.8) is 0 Å². The van der Waals surface area contributed by atoms with Crippen LogP contribution in [-0.2, 0) is 10.0 Å². The summed E-state index contributed by atoms with van der Waals surface area (Å²) in [5.41, 5.74) is 5.44. The molecule has 3 N–H and O–H groups in total. The zero-order chi connectivity index (χ0) is 12.3. The second kappa shape index (κ2) is 4.51. The number of nitriles is 1. The summed E-state index contributed by atoms with van der Waals surface area (Å²) in [5, 5.41) is 14.5. The Morgan fingerprint density at radius 2 is 2.38 bits per heavy atom. The van der Waals surface area contributed by atoms with E-state index < -0.39 is 10.0 Å². The fourth-order valence-electron chi connectivity index (χ4n) is 1.18. The lowest BCUT2D eigenvalue weighted by molar-refractivity contribution is 0.439. The number of nitrogen functional groups attached to an aromatic ring is 1. The summed E-state index contributed by atoms with van der Waals surface area (Å²) >= 11 is 0. The highest BCUT2D eigenvalue weighted by Gasteiger charge is 2.25. The number of aromatic nitrogens is 2. The number of nitrogens with two attached hydrogens (primary N) is 1. The fourth-order valence-corrected chi connectivity index (χ4v) is 2.45. The highest BCUT2D eigenvalue weighted by atomic mass is 32.2. The summed E-state index contributed by atoms with van der Waals surface area (Å²) in [6.07, 6.45) is 1.15. The van der Waals surface area contributed by atoms with Gasteiger partial charge in [0.15, 0.2) is 0 Å². The van der Waals surface area contributed by atoms with Crippen molar-refractivity contribution in [3.8, 4) is 6.07 Å². The summed E-state index contributed by atoms with van der Waals surface area (Å²) in [5.74, 6) is -0.385. The fraction of sp³-hybridized carbons (Fsp3) is 0.500. The summed E-state index contributed by atoms with van der Waals surface area (Å²) in [7, 11) is -2.27. The lowest BCUT2D eigenvalue weighted by atomic mass is 10.2. The molecule has 1 aromatic heterocycles. The molecule has 0 amide bonds. The van der Waals surface area contributed by atoms with Crippen molar-refractivity contribution in [2.45, 2.75) is 11.8 Å². The smallest absolute Gasteiger partial charge is 0.248 e. The molecular formula is C8H13N5O2S. The van der Waals surface area contributed by atoms with Gasteiger partial charge in [-0.2, -0.15) is 14.7 Å². The monoisotopic (exact) mass is 243 g/mol. The van der Waals surface area contributed by atoms with Crippen molar-refractivity contribution in [2.24, 2.45) is 5.92 Å². The van der Waals surface area contributed by atoms with Gasteiger partial charge in [0.2, 0.25) is 10.0 Å². The first-order valence-corrected chi connectivity index (χ1v) is 5.98. The van der Waals surface area contributed by atoms with Crippen LogP contribution in [0.5, 0.6) is 0 Å². The summed E-state index contributed by atoms with van der Waals surface area (Å²) < 4.78 is 25.0. The van der Waals surface area contributed by atoms with Crippen LogP contribution < -0.4 is 5.73 Å². The molecule has 0 aromatic carbocycles. The second-order valence-electron chi connectivity index (χ2n) is 3.46. The summed E-state index contributed by atoms with van der Waals surface area (Å²) in [6, 6.07) is 1.97.